The number of aryl methyl sites for hydroxylation is 1. The third-order valence-electron chi connectivity index (χ3n) is 3.75. The molecule has 1 aliphatic rings. The molecule has 0 bridgehead atoms. The van der Waals surface area contributed by atoms with Crippen LogP contribution in [0.4, 0.5) is 5.82 Å². The van der Waals surface area contributed by atoms with Gasteiger partial charge in [-0.2, -0.15) is 0 Å². The van der Waals surface area contributed by atoms with Crippen LogP contribution in [0.1, 0.15) is 25.0 Å². The fourth-order valence-corrected chi connectivity index (χ4v) is 2.59. The van der Waals surface area contributed by atoms with Crippen molar-refractivity contribution < 1.29 is 9.32 Å². The highest BCUT2D eigenvalue weighted by atomic mass is 35.5. The Labute approximate surface area is 132 Å². The van der Waals surface area contributed by atoms with Gasteiger partial charge in [0.05, 0.1) is 0 Å². The van der Waals surface area contributed by atoms with Crippen molar-refractivity contribution >= 4 is 24.1 Å². The third-order valence-corrected chi connectivity index (χ3v) is 3.75. The fraction of sp³-hybridized carbons (Fsp3) is 0.714. The first kappa shape index (κ1) is 17.9. The molecule has 6 nitrogen and oxygen atoms in total. The van der Waals surface area contributed by atoms with Gasteiger partial charge in [-0.1, -0.05) is 5.16 Å². The Bertz CT molecular complexity index is 430. The molecule has 1 aliphatic heterocycles. The van der Waals surface area contributed by atoms with Gasteiger partial charge in [0, 0.05) is 19.0 Å². The highest BCUT2D eigenvalue weighted by molar-refractivity contribution is 5.89. The average Bonchev–Trinajstić information content (AvgIpc) is 2.84. The molecule has 7 heteroatoms. The number of nitrogens with one attached hydrogen (secondary N) is 2. The molecule has 21 heavy (non-hydrogen) atoms. The zero-order chi connectivity index (χ0) is 14.4. The number of hydrogen-bond acceptors (Lipinski definition) is 5. The van der Waals surface area contributed by atoms with Crippen molar-refractivity contribution in [1.29, 1.82) is 0 Å². The van der Waals surface area contributed by atoms with Crippen LogP contribution in [0.25, 0.3) is 0 Å². The van der Waals surface area contributed by atoms with E-state index in [2.05, 4.69) is 20.7 Å². The number of halogens is 1. The molecule has 0 unspecified atom stereocenters. The van der Waals surface area contributed by atoms with Crippen molar-refractivity contribution in [2.75, 3.05) is 38.5 Å². The predicted octanol–water partition coefficient (Wildman–Crippen LogP) is 1.66. The van der Waals surface area contributed by atoms with E-state index in [1.165, 1.54) is 12.8 Å². The van der Waals surface area contributed by atoms with Crippen LogP contribution in [0.15, 0.2) is 10.6 Å². The smallest absolute Gasteiger partial charge is 0.226 e. The molecule has 1 fully saturated rings. The van der Waals surface area contributed by atoms with E-state index < -0.39 is 0 Å². The number of hydrogen-bond donors (Lipinski definition) is 2. The summed E-state index contributed by atoms with van der Waals surface area (Å²) < 4.78 is 4.91. The first-order valence-electron chi connectivity index (χ1n) is 7.27. The summed E-state index contributed by atoms with van der Waals surface area (Å²) in [5.74, 6) is 1.98. The third kappa shape index (κ3) is 6.03. The maximum Gasteiger partial charge on any atom is 0.226 e. The second-order valence-corrected chi connectivity index (χ2v) is 5.46. The van der Waals surface area contributed by atoms with Crippen LogP contribution in [0.5, 0.6) is 0 Å². The largest absolute Gasteiger partial charge is 0.360 e. The lowest BCUT2D eigenvalue weighted by Crippen LogP contribution is -2.38. The number of nitrogens with zero attached hydrogens (tertiary/aromatic N) is 2. The molecule has 0 saturated carbocycles. The number of rotatable bonds is 6. The number of piperidine rings is 1. The zero-order valence-electron chi connectivity index (χ0n) is 12.7. The molecule has 1 aromatic heterocycles. The molecule has 120 valence electrons. The van der Waals surface area contributed by atoms with Crippen LogP contribution in [-0.2, 0) is 4.79 Å². The van der Waals surface area contributed by atoms with E-state index in [0.717, 1.165) is 32.1 Å². The van der Waals surface area contributed by atoms with Gasteiger partial charge in [-0.15, -0.1) is 12.4 Å². The minimum Gasteiger partial charge on any atom is -0.360 e. The van der Waals surface area contributed by atoms with Crippen molar-refractivity contribution in [3.05, 3.63) is 11.8 Å². The van der Waals surface area contributed by atoms with Crippen LogP contribution < -0.4 is 10.6 Å². The lowest BCUT2D eigenvalue weighted by atomic mass is 9.97. The Balaban J connectivity index is 0.00000220. The summed E-state index contributed by atoms with van der Waals surface area (Å²) in [4.78, 5) is 14.2. The van der Waals surface area contributed by atoms with Crippen molar-refractivity contribution in [3.63, 3.8) is 0 Å². The first-order chi connectivity index (χ1) is 9.67. The molecule has 2 N–H and O–H groups in total. The van der Waals surface area contributed by atoms with E-state index in [9.17, 15) is 4.79 Å². The summed E-state index contributed by atoms with van der Waals surface area (Å²) in [6, 6.07) is 1.72. The summed E-state index contributed by atoms with van der Waals surface area (Å²) in [6.07, 6.45) is 2.93. The van der Waals surface area contributed by atoms with Gasteiger partial charge in [0.25, 0.3) is 0 Å². The summed E-state index contributed by atoms with van der Waals surface area (Å²) in [5, 5.41) is 9.74. The molecule has 0 spiro atoms. The second kappa shape index (κ2) is 9.02. The fourth-order valence-electron chi connectivity index (χ4n) is 2.59. The molecule has 0 aliphatic carbocycles. The van der Waals surface area contributed by atoms with E-state index in [1.54, 1.807) is 13.0 Å². The summed E-state index contributed by atoms with van der Waals surface area (Å²) >= 11 is 0. The second-order valence-electron chi connectivity index (χ2n) is 5.46. The van der Waals surface area contributed by atoms with Crippen molar-refractivity contribution in [1.82, 2.24) is 15.4 Å². The number of likely N-dealkylation sites (tertiary alicyclic amines) is 1. The predicted molar refractivity (Wildman–Crippen MR) is 84.8 cm³/mol. The van der Waals surface area contributed by atoms with Gasteiger partial charge in [0.1, 0.15) is 5.76 Å². The van der Waals surface area contributed by atoms with E-state index in [-0.39, 0.29) is 18.3 Å². The Morgan fingerprint density at radius 1 is 1.48 bits per heavy atom. The van der Waals surface area contributed by atoms with Crippen LogP contribution in [0.3, 0.4) is 0 Å². The Kier molecular flexibility index (Phi) is 7.71. The van der Waals surface area contributed by atoms with Gasteiger partial charge in [-0.25, -0.2) is 0 Å². The van der Waals surface area contributed by atoms with E-state index in [1.807, 2.05) is 7.05 Å². The number of amides is 1. The highest BCUT2D eigenvalue weighted by Crippen LogP contribution is 2.16. The van der Waals surface area contributed by atoms with Gasteiger partial charge in [0.15, 0.2) is 5.82 Å². The summed E-state index contributed by atoms with van der Waals surface area (Å²) in [5.41, 5.74) is 0. The van der Waals surface area contributed by atoms with E-state index in [0.29, 0.717) is 18.0 Å². The van der Waals surface area contributed by atoms with Crippen LogP contribution in [-0.4, -0.2) is 49.2 Å². The SMILES string of the molecule is CNCC1CCN(CCC(=O)Nc2cc(C)on2)CC1.Cl. The molecular weight excluding hydrogens is 292 g/mol. The normalized spacial score (nSPS) is 16.5. The topological polar surface area (TPSA) is 70.4 Å². The Hall–Kier alpha value is -1.11. The minimum absolute atomic E-state index is 0. The number of anilines is 1. The lowest BCUT2D eigenvalue weighted by Gasteiger charge is -2.31. The standard InChI is InChI=1S/C14H24N4O2.ClH/c1-11-9-13(17-20-11)16-14(19)5-8-18-6-3-12(4-7-18)10-15-2;/h9,12,15H,3-8,10H2,1-2H3,(H,16,17,19);1H. The number of aromatic nitrogens is 1. The molecule has 0 atom stereocenters. The van der Waals surface area contributed by atoms with Crippen molar-refractivity contribution in [2.45, 2.75) is 26.2 Å². The molecule has 2 heterocycles. The lowest BCUT2D eigenvalue weighted by molar-refractivity contribution is -0.116. The molecule has 0 aromatic carbocycles. The summed E-state index contributed by atoms with van der Waals surface area (Å²) in [6.45, 7) is 5.89. The van der Waals surface area contributed by atoms with Gasteiger partial charge in [0.2, 0.25) is 5.91 Å². The number of carbonyl (C=O) groups excluding carboxylic acids is 1. The molecule has 1 aromatic rings. The molecule has 2 rings (SSSR count). The van der Waals surface area contributed by atoms with Gasteiger partial charge in [-0.3, -0.25) is 4.79 Å². The minimum atomic E-state index is -0.00403. The van der Waals surface area contributed by atoms with Gasteiger partial charge in [-0.05, 0) is 52.4 Å². The molecule has 1 saturated heterocycles. The van der Waals surface area contributed by atoms with Gasteiger partial charge < -0.3 is 20.1 Å². The molecule has 0 radical (unpaired) electrons. The van der Waals surface area contributed by atoms with Crippen LogP contribution in [0, 0.1) is 12.8 Å². The first-order valence-corrected chi connectivity index (χ1v) is 7.27. The van der Waals surface area contributed by atoms with Crippen LogP contribution >= 0.6 is 12.4 Å². The van der Waals surface area contributed by atoms with E-state index in [4.69, 9.17) is 4.52 Å². The van der Waals surface area contributed by atoms with E-state index >= 15 is 0 Å². The maximum absolute atomic E-state index is 11.8. The van der Waals surface area contributed by atoms with Crippen molar-refractivity contribution in [3.8, 4) is 0 Å². The van der Waals surface area contributed by atoms with Crippen molar-refractivity contribution in [2.24, 2.45) is 5.92 Å². The average molecular weight is 317 g/mol. The summed E-state index contributed by atoms with van der Waals surface area (Å²) in [7, 11) is 2.00. The van der Waals surface area contributed by atoms with Crippen LogP contribution in [0.2, 0.25) is 0 Å². The number of carbonyl (C=O) groups is 1. The van der Waals surface area contributed by atoms with Gasteiger partial charge >= 0.3 is 0 Å². The molecule has 1 amide bonds. The Morgan fingerprint density at radius 2 is 2.19 bits per heavy atom. The monoisotopic (exact) mass is 316 g/mol. The quantitative estimate of drug-likeness (QED) is 0.835. The zero-order valence-corrected chi connectivity index (χ0v) is 13.5. The highest BCUT2D eigenvalue weighted by Gasteiger charge is 2.19. The maximum atomic E-state index is 11.8. The Morgan fingerprint density at radius 3 is 2.76 bits per heavy atom. The molecular formula is C14H25ClN4O2.